The first-order valence-corrected chi connectivity index (χ1v) is 8.76. The molecule has 0 unspecified atom stereocenters. The van der Waals surface area contributed by atoms with Gasteiger partial charge in [-0.1, -0.05) is 11.6 Å². The van der Waals surface area contributed by atoms with Crippen molar-refractivity contribution >= 4 is 51.3 Å². The van der Waals surface area contributed by atoms with Crippen LogP contribution >= 0.6 is 35.3 Å². The summed E-state index contributed by atoms with van der Waals surface area (Å²) in [5.74, 6) is -0.0104. The minimum atomic E-state index is -3.49. The number of hydrogen-bond donors (Lipinski definition) is 1. The van der Waals surface area contributed by atoms with Gasteiger partial charge in [0.05, 0.1) is 10.9 Å². The normalized spacial score (nSPS) is 16.6. The average molecular weight is 374 g/mol. The molecule has 1 aromatic heterocycles. The molecule has 2 heterocycles. The lowest BCUT2D eigenvalue weighted by atomic mass is 10.3. The van der Waals surface area contributed by atoms with E-state index in [4.69, 9.17) is 11.6 Å². The van der Waals surface area contributed by atoms with Crippen molar-refractivity contribution in [1.29, 1.82) is 0 Å². The van der Waals surface area contributed by atoms with Crippen LogP contribution < -0.4 is 5.32 Å². The van der Waals surface area contributed by atoms with Crippen molar-refractivity contribution in [2.24, 2.45) is 0 Å². The largest absolute Gasteiger partial charge is 0.339 e. The molecule has 1 N–H and O–H groups in total. The molecule has 1 aliphatic rings. The molecule has 1 fully saturated rings. The Balaban J connectivity index is 0.00000220. The number of rotatable bonds is 4. The Morgan fingerprint density at radius 3 is 2.43 bits per heavy atom. The van der Waals surface area contributed by atoms with E-state index < -0.39 is 10.0 Å². The van der Waals surface area contributed by atoms with Gasteiger partial charge >= 0.3 is 0 Å². The van der Waals surface area contributed by atoms with Crippen LogP contribution in [-0.2, 0) is 14.8 Å². The van der Waals surface area contributed by atoms with E-state index >= 15 is 0 Å². The predicted molar refractivity (Wildman–Crippen MR) is 85.8 cm³/mol. The van der Waals surface area contributed by atoms with Gasteiger partial charge in [-0.25, -0.2) is 8.42 Å². The van der Waals surface area contributed by atoms with E-state index in [0.717, 1.165) is 11.3 Å². The third-order valence-electron chi connectivity index (χ3n) is 3.06. The van der Waals surface area contributed by atoms with Crippen LogP contribution in [0.1, 0.15) is 0 Å². The third-order valence-corrected chi connectivity index (χ3v) is 6.66. The average Bonchev–Trinajstić information content (AvgIpc) is 2.86. The van der Waals surface area contributed by atoms with E-state index in [2.05, 4.69) is 5.32 Å². The molecule has 0 saturated carbocycles. The molecule has 1 amide bonds. The summed E-state index contributed by atoms with van der Waals surface area (Å²) in [6.07, 6.45) is 0. The van der Waals surface area contributed by atoms with Gasteiger partial charge < -0.3 is 10.2 Å². The van der Waals surface area contributed by atoms with Crippen LogP contribution in [0, 0.1) is 0 Å². The molecule has 0 bridgehead atoms. The molecule has 1 aliphatic heterocycles. The Morgan fingerprint density at radius 1 is 1.33 bits per heavy atom. The Labute approximate surface area is 139 Å². The fourth-order valence-electron chi connectivity index (χ4n) is 2.00. The Kier molecular flexibility index (Phi) is 6.89. The monoisotopic (exact) mass is 373 g/mol. The second-order valence-electron chi connectivity index (χ2n) is 4.37. The zero-order valence-corrected chi connectivity index (χ0v) is 14.6. The minimum Gasteiger partial charge on any atom is -0.339 e. The second kappa shape index (κ2) is 7.75. The SMILES string of the molecule is CNCC(=O)N1CCN(S(=O)(=O)c2ccc(Cl)s2)CC1.Cl. The summed E-state index contributed by atoms with van der Waals surface area (Å²) in [5.41, 5.74) is 0. The summed E-state index contributed by atoms with van der Waals surface area (Å²) in [5, 5.41) is 2.80. The van der Waals surface area contributed by atoms with Gasteiger partial charge in [0.25, 0.3) is 10.0 Å². The molecule has 0 aliphatic carbocycles. The number of nitrogens with one attached hydrogen (secondary N) is 1. The zero-order chi connectivity index (χ0) is 14.8. The molecule has 10 heteroatoms. The van der Waals surface area contributed by atoms with E-state index in [-0.39, 0.29) is 29.1 Å². The number of likely N-dealkylation sites (N-methyl/N-ethyl adjacent to an activating group) is 1. The first-order chi connectivity index (χ1) is 9.45. The first-order valence-electron chi connectivity index (χ1n) is 6.13. The summed E-state index contributed by atoms with van der Waals surface area (Å²) in [6, 6.07) is 3.09. The van der Waals surface area contributed by atoms with Gasteiger partial charge in [-0.05, 0) is 19.2 Å². The Hall–Kier alpha value is -0.380. The standard InChI is InChI=1S/C11H16ClN3O3S2.ClH/c1-13-8-10(16)14-4-6-15(7-5-14)20(17,18)11-3-2-9(12)19-11;/h2-3,13H,4-8H2,1H3;1H. The van der Waals surface area contributed by atoms with E-state index in [9.17, 15) is 13.2 Å². The summed E-state index contributed by atoms with van der Waals surface area (Å²) in [6.45, 7) is 1.73. The van der Waals surface area contributed by atoms with Crippen LogP contribution in [0.15, 0.2) is 16.3 Å². The van der Waals surface area contributed by atoms with Crippen molar-refractivity contribution in [2.75, 3.05) is 39.8 Å². The van der Waals surface area contributed by atoms with Gasteiger partial charge in [0.1, 0.15) is 4.21 Å². The van der Waals surface area contributed by atoms with Crippen molar-refractivity contribution in [1.82, 2.24) is 14.5 Å². The van der Waals surface area contributed by atoms with E-state index in [1.54, 1.807) is 18.0 Å². The highest BCUT2D eigenvalue weighted by atomic mass is 35.5. The van der Waals surface area contributed by atoms with Crippen LogP contribution in [0.2, 0.25) is 4.34 Å². The molecule has 120 valence electrons. The Morgan fingerprint density at radius 2 is 1.95 bits per heavy atom. The van der Waals surface area contributed by atoms with E-state index in [1.807, 2.05) is 0 Å². The van der Waals surface area contributed by atoms with Gasteiger partial charge in [-0.3, -0.25) is 4.79 Å². The number of carbonyl (C=O) groups excluding carboxylic acids is 1. The highest BCUT2D eigenvalue weighted by Crippen LogP contribution is 2.28. The zero-order valence-electron chi connectivity index (χ0n) is 11.4. The maximum Gasteiger partial charge on any atom is 0.252 e. The van der Waals surface area contributed by atoms with Crippen LogP contribution in [-0.4, -0.2) is 63.3 Å². The molecule has 21 heavy (non-hydrogen) atoms. The quantitative estimate of drug-likeness (QED) is 0.850. The molecule has 6 nitrogen and oxygen atoms in total. The molecule has 1 saturated heterocycles. The van der Waals surface area contributed by atoms with Crippen molar-refractivity contribution in [3.05, 3.63) is 16.5 Å². The van der Waals surface area contributed by atoms with E-state index in [0.29, 0.717) is 30.5 Å². The second-order valence-corrected chi connectivity index (χ2v) is 8.25. The fourth-order valence-corrected chi connectivity index (χ4v) is 5.06. The fraction of sp³-hybridized carbons (Fsp3) is 0.545. The van der Waals surface area contributed by atoms with Crippen LogP contribution in [0.25, 0.3) is 0 Å². The minimum absolute atomic E-state index is 0. The lowest BCUT2D eigenvalue weighted by Crippen LogP contribution is -2.51. The van der Waals surface area contributed by atoms with Crippen LogP contribution in [0.3, 0.4) is 0 Å². The highest BCUT2D eigenvalue weighted by Gasteiger charge is 2.30. The summed E-state index contributed by atoms with van der Waals surface area (Å²) >= 11 is 6.83. The number of nitrogens with zero attached hydrogens (tertiary/aromatic N) is 2. The van der Waals surface area contributed by atoms with Gasteiger partial charge in [-0.2, -0.15) is 4.31 Å². The number of hydrogen-bond acceptors (Lipinski definition) is 5. The number of piperazine rings is 1. The summed E-state index contributed by atoms with van der Waals surface area (Å²) < 4.78 is 26.8. The predicted octanol–water partition coefficient (Wildman–Crippen LogP) is 0.876. The van der Waals surface area contributed by atoms with Gasteiger partial charge in [0, 0.05) is 26.2 Å². The highest BCUT2D eigenvalue weighted by molar-refractivity contribution is 7.91. The molecular weight excluding hydrogens is 357 g/mol. The van der Waals surface area contributed by atoms with Crippen LogP contribution in [0.4, 0.5) is 0 Å². The molecular formula is C11H17Cl2N3O3S2. The van der Waals surface area contributed by atoms with Crippen LogP contribution in [0.5, 0.6) is 0 Å². The lowest BCUT2D eigenvalue weighted by molar-refractivity contribution is -0.131. The third kappa shape index (κ3) is 4.30. The lowest BCUT2D eigenvalue weighted by Gasteiger charge is -2.33. The smallest absolute Gasteiger partial charge is 0.252 e. The summed E-state index contributed by atoms with van der Waals surface area (Å²) in [4.78, 5) is 13.4. The molecule has 1 aromatic rings. The number of amides is 1. The first kappa shape index (κ1) is 18.7. The van der Waals surface area contributed by atoms with Crippen molar-refractivity contribution in [3.63, 3.8) is 0 Å². The molecule has 0 aromatic carbocycles. The maximum absolute atomic E-state index is 12.4. The van der Waals surface area contributed by atoms with E-state index in [1.165, 1.54) is 10.4 Å². The van der Waals surface area contributed by atoms with Gasteiger partial charge in [0.15, 0.2) is 0 Å². The topological polar surface area (TPSA) is 69.7 Å². The van der Waals surface area contributed by atoms with Crippen molar-refractivity contribution < 1.29 is 13.2 Å². The van der Waals surface area contributed by atoms with Crippen molar-refractivity contribution in [2.45, 2.75) is 4.21 Å². The number of halogens is 2. The molecule has 0 radical (unpaired) electrons. The number of thiophene rings is 1. The molecule has 0 atom stereocenters. The number of carbonyl (C=O) groups is 1. The Bertz CT molecular complexity index is 583. The van der Waals surface area contributed by atoms with Gasteiger partial charge in [-0.15, -0.1) is 23.7 Å². The molecule has 2 rings (SSSR count). The number of sulfonamides is 1. The maximum atomic E-state index is 12.4. The summed E-state index contributed by atoms with van der Waals surface area (Å²) in [7, 11) is -1.78. The van der Waals surface area contributed by atoms with Gasteiger partial charge in [0.2, 0.25) is 5.91 Å². The molecule has 0 spiro atoms. The van der Waals surface area contributed by atoms with Crippen molar-refractivity contribution in [3.8, 4) is 0 Å².